The van der Waals surface area contributed by atoms with Crippen LogP contribution in [0.4, 0.5) is 15.8 Å². The molecule has 0 radical (unpaired) electrons. The van der Waals surface area contributed by atoms with Gasteiger partial charge in [0.1, 0.15) is 11.7 Å². The molecule has 102 valence electrons. The summed E-state index contributed by atoms with van der Waals surface area (Å²) in [6.45, 7) is 2.77. The van der Waals surface area contributed by atoms with Gasteiger partial charge in [0, 0.05) is 17.8 Å². The fourth-order valence-corrected chi connectivity index (χ4v) is 2.82. The van der Waals surface area contributed by atoms with Gasteiger partial charge in [-0.3, -0.25) is 5.41 Å². The molecule has 3 rings (SSSR count). The number of hydrogen-bond donors (Lipinski definition) is 2. The van der Waals surface area contributed by atoms with Gasteiger partial charge in [-0.2, -0.15) is 0 Å². The molecule has 0 amide bonds. The van der Waals surface area contributed by atoms with E-state index < -0.39 is 0 Å². The highest BCUT2D eigenvalue weighted by Gasteiger charge is 2.24. The van der Waals surface area contributed by atoms with Crippen molar-refractivity contribution in [3.05, 3.63) is 58.9 Å². The van der Waals surface area contributed by atoms with Gasteiger partial charge in [-0.05, 0) is 42.7 Å². The second-order valence-corrected chi connectivity index (χ2v) is 5.06. The van der Waals surface area contributed by atoms with Gasteiger partial charge in [0.2, 0.25) is 0 Å². The lowest BCUT2D eigenvalue weighted by Crippen LogP contribution is -2.21. The second kappa shape index (κ2) is 4.63. The van der Waals surface area contributed by atoms with Gasteiger partial charge in [-0.15, -0.1) is 0 Å². The Morgan fingerprint density at radius 2 is 2.10 bits per heavy atom. The van der Waals surface area contributed by atoms with Crippen LogP contribution in [0.3, 0.4) is 0 Å². The van der Waals surface area contributed by atoms with E-state index in [2.05, 4.69) is 4.90 Å². The minimum Gasteiger partial charge on any atom is -0.384 e. The predicted octanol–water partition coefficient (Wildman–Crippen LogP) is 3.11. The average Bonchev–Trinajstić information content (AvgIpc) is 2.81. The van der Waals surface area contributed by atoms with Crippen molar-refractivity contribution >= 4 is 17.2 Å². The van der Waals surface area contributed by atoms with Crippen molar-refractivity contribution < 1.29 is 4.39 Å². The van der Waals surface area contributed by atoms with E-state index >= 15 is 0 Å². The molecule has 0 saturated heterocycles. The Balaban J connectivity index is 2.18. The fraction of sp³-hybridized carbons (Fsp3) is 0.188. The zero-order valence-electron chi connectivity index (χ0n) is 11.3. The van der Waals surface area contributed by atoms with E-state index in [-0.39, 0.29) is 11.7 Å². The highest BCUT2D eigenvalue weighted by Crippen LogP contribution is 2.38. The molecule has 0 saturated carbocycles. The molecule has 4 heteroatoms. The van der Waals surface area contributed by atoms with Crippen LogP contribution in [-0.2, 0) is 6.42 Å². The summed E-state index contributed by atoms with van der Waals surface area (Å²) in [6, 6.07) is 10.6. The first-order valence-electron chi connectivity index (χ1n) is 6.58. The Bertz CT molecular complexity index is 694. The van der Waals surface area contributed by atoms with Crippen molar-refractivity contribution in [1.82, 2.24) is 0 Å². The van der Waals surface area contributed by atoms with Crippen molar-refractivity contribution in [3.8, 4) is 0 Å². The second-order valence-electron chi connectivity index (χ2n) is 5.06. The van der Waals surface area contributed by atoms with Gasteiger partial charge in [0.05, 0.1) is 5.69 Å². The average molecular weight is 269 g/mol. The highest BCUT2D eigenvalue weighted by atomic mass is 19.1. The summed E-state index contributed by atoms with van der Waals surface area (Å²) in [5, 5.41) is 7.74. The maximum atomic E-state index is 13.5. The summed E-state index contributed by atoms with van der Waals surface area (Å²) < 4.78 is 13.5. The number of fused-ring (bicyclic) bond motifs is 1. The summed E-state index contributed by atoms with van der Waals surface area (Å²) in [4.78, 5) is 2.06. The van der Waals surface area contributed by atoms with Crippen LogP contribution in [0.25, 0.3) is 0 Å². The molecular weight excluding hydrogens is 253 g/mol. The van der Waals surface area contributed by atoms with E-state index in [9.17, 15) is 4.39 Å². The number of anilines is 2. The number of halogens is 1. The molecular formula is C16H16FN3. The fourth-order valence-electron chi connectivity index (χ4n) is 2.82. The molecule has 1 aliphatic rings. The van der Waals surface area contributed by atoms with Crippen LogP contribution in [0.5, 0.6) is 0 Å². The van der Waals surface area contributed by atoms with Gasteiger partial charge in [-0.1, -0.05) is 18.2 Å². The monoisotopic (exact) mass is 269 g/mol. The van der Waals surface area contributed by atoms with E-state index in [0.29, 0.717) is 5.56 Å². The number of benzene rings is 2. The van der Waals surface area contributed by atoms with E-state index in [1.807, 2.05) is 31.2 Å². The van der Waals surface area contributed by atoms with Crippen molar-refractivity contribution in [2.45, 2.75) is 13.3 Å². The molecule has 0 aliphatic carbocycles. The molecule has 0 unspecified atom stereocenters. The smallest absolute Gasteiger partial charge is 0.125 e. The zero-order valence-corrected chi connectivity index (χ0v) is 11.3. The third-order valence-electron chi connectivity index (χ3n) is 3.74. The minimum atomic E-state index is -0.242. The predicted molar refractivity (Wildman–Crippen MR) is 79.3 cm³/mol. The third kappa shape index (κ3) is 1.93. The Kier molecular flexibility index (Phi) is 2.93. The number of para-hydroxylation sites is 1. The molecule has 20 heavy (non-hydrogen) atoms. The Labute approximate surface area is 117 Å². The van der Waals surface area contributed by atoms with Gasteiger partial charge < -0.3 is 10.6 Å². The number of nitrogens with two attached hydrogens (primary N) is 1. The summed E-state index contributed by atoms with van der Waals surface area (Å²) in [7, 11) is 0. The van der Waals surface area contributed by atoms with Gasteiger partial charge in [-0.25, -0.2) is 4.39 Å². The maximum Gasteiger partial charge on any atom is 0.125 e. The molecule has 3 N–H and O–H groups in total. The standard InChI is InChI=1S/C16H16FN3/c1-10-3-2-4-13(16(18)19)15(10)20-8-7-11-5-6-12(17)9-14(11)20/h2-6,9H,7-8H2,1H3,(H3,18,19). The minimum absolute atomic E-state index is 0.0357. The number of nitrogens with one attached hydrogen (secondary N) is 1. The molecule has 2 aromatic carbocycles. The van der Waals surface area contributed by atoms with E-state index in [0.717, 1.165) is 35.5 Å². The number of amidine groups is 1. The van der Waals surface area contributed by atoms with Crippen LogP contribution in [-0.4, -0.2) is 12.4 Å². The first kappa shape index (κ1) is 12.7. The van der Waals surface area contributed by atoms with Crippen LogP contribution >= 0.6 is 0 Å². The van der Waals surface area contributed by atoms with E-state index in [1.54, 1.807) is 6.07 Å². The number of hydrogen-bond acceptors (Lipinski definition) is 2. The topological polar surface area (TPSA) is 53.1 Å². The number of nitrogen functional groups attached to an aromatic ring is 1. The van der Waals surface area contributed by atoms with Crippen LogP contribution in [0.2, 0.25) is 0 Å². The first-order chi connectivity index (χ1) is 9.58. The largest absolute Gasteiger partial charge is 0.384 e. The molecule has 0 atom stereocenters. The zero-order chi connectivity index (χ0) is 14.3. The number of rotatable bonds is 2. The molecule has 0 spiro atoms. The van der Waals surface area contributed by atoms with Crippen LogP contribution < -0.4 is 10.6 Å². The van der Waals surface area contributed by atoms with Gasteiger partial charge >= 0.3 is 0 Å². The van der Waals surface area contributed by atoms with Crippen LogP contribution in [0.1, 0.15) is 16.7 Å². The Morgan fingerprint density at radius 1 is 1.30 bits per heavy atom. The van der Waals surface area contributed by atoms with Crippen molar-refractivity contribution in [2.75, 3.05) is 11.4 Å². The highest BCUT2D eigenvalue weighted by molar-refractivity contribution is 6.02. The molecule has 1 aliphatic heterocycles. The maximum absolute atomic E-state index is 13.5. The summed E-state index contributed by atoms with van der Waals surface area (Å²) >= 11 is 0. The van der Waals surface area contributed by atoms with Crippen molar-refractivity contribution in [1.29, 1.82) is 5.41 Å². The van der Waals surface area contributed by atoms with Crippen molar-refractivity contribution in [3.63, 3.8) is 0 Å². The quantitative estimate of drug-likeness (QED) is 0.650. The molecule has 0 aromatic heterocycles. The van der Waals surface area contributed by atoms with E-state index in [4.69, 9.17) is 11.1 Å². The molecule has 3 nitrogen and oxygen atoms in total. The van der Waals surface area contributed by atoms with E-state index in [1.165, 1.54) is 6.07 Å². The lowest BCUT2D eigenvalue weighted by Gasteiger charge is -2.24. The van der Waals surface area contributed by atoms with Crippen LogP contribution in [0.15, 0.2) is 36.4 Å². The third-order valence-corrected chi connectivity index (χ3v) is 3.74. The van der Waals surface area contributed by atoms with Crippen molar-refractivity contribution in [2.24, 2.45) is 5.73 Å². The van der Waals surface area contributed by atoms with Gasteiger partial charge in [0.25, 0.3) is 0 Å². The molecule has 0 fully saturated rings. The summed E-state index contributed by atoms with van der Waals surface area (Å²) in [5.74, 6) is -0.206. The Hall–Kier alpha value is -2.36. The summed E-state index contributed by atoms with van der Waals surface area (Å²) in [6.07, 6.45) is 0.876. The molecule has 2 aromatic rings. The molecule has 0 bridgehead atoms. The number of aryl methyl sites for hydroxylation is 1. The lowest BCUT2D eigenvalue weighted by atomic mass is 10.1. The SMILES string of the molecule is Cc1cccc(C(=N)N)c1N1CCc2ccc(F)cc21. The first-order valence-corrected chi connectivity index (χ1v) is 6.58. The van der Waals surface area contributed by atoms with Crippen LogP contribution in [0, 0.1) is 18.2 Å². The normalized spacial score (nSPS) is 13.4. The summed E-state index contributed by atoms with van der Waals surface area (Å²) in [5.41, 5.74) is 10.3. The molecule has 1 heterocycles. The number of nitrogens with zero attached hydrogens (tertiary/aromatic N) is 1. The Morgan fingerprint density at radius 3 is 2.85 bits per heavy atom. The lowest BCUT2D eigenvalue weighted by molar-refractivity contribution is 0.628. The van der Waals surface area contributed by atoms with Gasteiger partial charge in [0.15, 0.2) is 0 Å².